The van der Waals surface area contributed by atoms with Crippen molar-refractivity contribution in [2.75, 3.05) is 49.4 Å². The average molecular weight is 745 g/mol. The maximum atomic E-state index is 13.4. The second-order valence-electron chi connectivity index (χ2n) is 8.96. The molecule has 1 aliphatic heterocycles. The fourth-order valence-corrected chi connectivity index (χ4v) is 7.47. The summed E-state index contributed by atoms with van der Waals surface area (Å²) in [7, 11) is 2.30. The number of thiol groups is 3. The van der Waals surface area contributed by atoms with E-state index in [-0.39, 0.29) is 78.5 Å². The zero-order valence-electron chi connectivity index (χ0n) is 24.4. The molecular formula is C25H36N4O10S6. The van der Waals surface area contributed by atoms with Gasteiger partial charge in [0.1, 0.15) is 31.6 Å². The van der Waals surface area contributed by atoms with Gasteiger partial charge in [0.05, 0.1) is 36.4 Å². The van der Waals surface area contributed by atoms with Crippen LogP contribution in [0.25, 0.3) is 0 Å². The van der Waals surface area contributed by atoms with Crippen LogP contribution in [0.5, 0.6) is 0 Å². The molecule has 0 radical (unpaired) electrons. The number of carbonyl (C=O) groups excluding carboxylic acids is 6. The van der Waals surface area contributed by atoms with E-state index in [9.17, 15) is 28.8 Å². The van der Waals surface area contributed by atoms with E-state index in [1.54, 1.807) is 13.8 Å². The lowest BCUT2D eigenvalue weighted by atomic mass is 10.1. The molecule has 1 heterocycles. The summed E-state index contributed by atoms with van der Waals surface area (Å²) in [5, 5.41) is 4.82. The Morgan fingerprint density at radius 2 is 1.38 bits per heavy atom. The van der Waals surface area contributed by atoms with Gasteiger partial charge < -0.3 is 34.4 Å². The summed E-state index contributed by atoms with van der Waals surface area (Å²) >= 11 is 13.0. The molecule has 1 saturated heterocycles. The van der Waals surface area contributed by atoms with Crippen LogP contribution in [-0.4, -0.2) is 109 Å². The third-order valence-electron chi connectivity index (χ3n) is 5.80. The third-order valence-corrected chi connectivity index (χ3v) is 9.85. The highest BCUT2D eigenvalue weighted by Crippen LogP contribution is 2.36. The van der Waals surface area contributed by atoms with Crippen molar-refractivity contribution in [2.45, 2.75) is 44.4 Å². The molecule has 0 aromatic carbocycles. The fourth-order valence-electron chi connectivity index (χ4n) is 3.59. The van der Waals surface area contributed by atoms with Crippen molar-refractivity contribution in [3.63, 3.8) is 0 Å². The Kier molecular flexibility index (Phi) is 18.6. The number of hydrogen-bond donors (Lipinski definition) is 7. The highest BCUT2D eigenvalue weighted by Gasteiger charge is 2.39. The molecule has 252 valence electrons. The Morgan fingerprint density at radius 3 is 1.82 bits per heavy atom. The smallest absolute Gasteiger partial charge is 0.329 e. The molecule has 2 rings (SSSR count). The molecule has 0 bridgehead atoms. The van der Waals surface area contributed by atoms with Gasteiger partial charge in [-0.3, -0.25) is 19.1 Å². The standard InChI is InChI=1S/C25H36N4O10S6/c1-3-36-23(33)17(11-43-29-16(10-41)25(35)42)26-21(31)14-7-15(20-19(14)38-5-6-39-20)22(32)27-18(24(34)37-4-2)12-44-45-28-13(8-30)9-40/h8,13,16-18,28-29,40-41H,3-7,9-12H2,1-2H3,(H,26,31)(H,27,32)(H,35,42)/t13-,16+,17?,18?/m1/s1. The molecule has 2 aliphatic rings. The average Bonchev–Trinajstić information content (AvgIpc) is 3.42. The SMILES string of the molecule is CCOC(=O)C(CSN[C@@H](CS)C(=O)S)NC(=O)C1=C2OCCOC2=C(C(=O)NC(CSSN[C@H](C=O)CS)C(=O)OCC)C1. The molecule has 0 aromatic rings. The normalized spacial score (nSPS) is 16.7. The number of fused-ring (bicyclic) bond motifs is 1. The molecular weight excluding hydrogens is 709 g/mol. The van der Waals surface area contributed by atoms with Gasteiger partial charge in [-0.1, -0.05) is 22.7 Å². The Labute approximate surface area is 289 Å². The molecule has 0 saturated carbocycles. The van der Waals surface area contributed by atoms with Crippen LogP contribution in [0.1, 0.15) is 20.3 Å². The quantitative estimate of drug-likeness (QED) is 0.0214. The van der Waals surface area contributed by atoms with Crippen molar-refractivity contribution in [2.24, 2.45) is 0 Å². The maximum absolute atomic E-state index is 13.4. The lowest BCUT2D eigenvalue weighted by Gasteiger charge is -2.22. The van der Waals surface area contributed by atoms with E-state index >= 15 is 0 Å². The van der Waals surface area contributed by atoms with Crippen molar-refractivity contribution < 1.29 is 47.7 Å². The number of carbonyl (C=O) groups is 6. The summed E-state index contributed by atoms with van der Waals surface area (Å²) in [6.07, 6.45) is 0.500. The van der Waals surface area contributed by atoms with Gasteiger partial charge in [-0.25, -0.2) is 14.3 Å². The third kappa shape index (κ3) is 12.5. The van der Waals surface area contributed by atoms with Crippen molar-refractivity contribution in [1.29, 1.82) is 0 Å². The first-order valence-corrected chi connectivity index (χ1v) is 18.6. The van der Waals surface area contributed by atoms with E-state index in [2.05, 4.69) is 58.0 Å². The van der Waals surface area contributed by atoms with Gasteiger partial charge in [-0.2, -0.15) is 25.3 Å². The number of nitrogens with one attached hydrogen (secondary N) is 4. The Balaban J connectivity index is 2.15. The molecule has 0 aromatic heterocycles. The second kappa shape index (κ2) is 21.2. The van der Waals surface area contributed by atoms with Crippen LogP contribution in [0.15, 0.2) is 22.7 Å². The van der Waals surface area contributed by atoms with Gasteiger partial charge in [-0.15, -0.1) is 12.6 Å². The first-order chi connectivity index (χ1) is 21.6. The Bertz CT molecular complexity index is 1160. The second-order valence-corrected chi connectivity index (χ2v) is 13.2. The summed E-state index contributed by atoms with van der Waals surface area (Å²) < 4.78 is 27.3. The molecule has 4 atom stereocenters. The van der Waals surface area contributed by atoms with Crippen LogP contribution in [0.4, 0.5) is 0 Å². The molecule has 45 heavy (non-hydrogen) atoms. The topological polar surface area (TPSA) is 187 Å². The minimum Gasteiger partial charge on any atom is -0.486 e. The van der Waals surface area contributed by atoms with Crippen LogP contribution in [0.2, 0.25) is 0 Å². The maximum Gasteiger partial charge on any atom is 0.329 e. The summed E-state index contributed by atoms with van der Waals surface area (Å²) in [5.41, 5.74) is 0.109. The van der Waals surface area contributed by atoms with E-state index in [4.69, 9.17) is 18.9 Å². The van der Waals surface area contributed by atoms with Crippen LogP contribution in [-0.2, 0) is 47.7 Å². The van der Waals surface area contributed by atoms with Crippen molar-refractivity contribution in [1.82, 2.24) is 20.1 Å². The predicted octanol–water partition coefficient (Wildman–Crippen LogP) is 0.417. The molecule has 20 heteroatoms. The lowest BCUT2D eigenvalue weighted by molar-refractivity contribution is -0.146. The predicted molar refractivity (Wildman–Crippen MR) is 182 cm³/mol. The van der Waals surface area contributed by atoms with E-state index in [1.807, 2.05) is 0 Å². The number of amides is 2. The Hall–Kier alpha value is -1.68. The number of esters is 2. The van der Waals surface area contributed by atoms with Gasteiger partial charge in [0.2, 0.25) is 5.12 Å². The first-order valence-electron chi connectivity index (χ1n) is 13.6. The molecule has 2 amide bonds. The molecule has 4 N–H and O–H groups in total. The van der Waals surface area contributed by atoms with E-state index in [1.165, 1.54) is 10.8 Å². The summed E-state index contributed by atoms with van der Waals surface area (Å²) in [5.74, 6) is -2.09. The number of rotatable bonds is 21. The first kappa shape index (κ1) is 39.5. The summed E-state index contributed by atoms with van der Waals surface area (Å²) in [4.78, 5) is 74.7. The van der Waals surface area contributed by atoms with Crippen LogP contribution >= 0.6 is 71.6 Å². The summed E-state index contributed by atoms with van der Waals surface area (Å²) in [6.45, 7) is 3.65. The van der Waals surface area contributed by atoms with Crippen LogP contribution in [0, 0.1) is 0 Å². The van der Waals surface area contributed by atoms with Gasteiger partial charge in [-0.05, 0) is 24.8 Å². The van der Waals surface area contributed by atoms with Gasteiger partial charge >= 0.3 is 11.9 Å². The van der Waals surface area contributed by atoms with Crippen molar-refractivity contribution in [3.8, 4) is 0 Å². The van der Waals surface area contributed by atoms with Gasteiger partial charge in [0.25, 0.3) is 11.8 Å². The monoisotopic (exact) mass is 744 g/mol. The number of aldehydes is 1. The van der Waals surface area contributed by atoms with E-state index in [0.29, 0.717) is 6.29 Å². The Morgan fingerprint density at radius 1 is 0.844 bits per heavy atom. The minimum absolute atomic E-state index is 0.00312. The molecule has 14 nitrogen and oxygen atoms in total. The minimum atomic E-state index is -1.12. The van der Waals surface area contributed by atoms with E-state index in [0.717, 1.165) is 22.9 Å². The number of ether oxygens (including phenoxy) is 4. The van der Waals surface area contributed by atoms with Crippen LogP contribution < -0.4 is 20.1 Å². The highest BCUT2D eigenvalue weighted by molar-refractivity contribution is 8.76. The summed E-state index contributed by atoms with van der Waals surface area (Å²) in [6, 6.07) is -3.37. The number of hydrogen-bond acceptors (Lipinski definition) is 17. The molecule has 1 aliphatic carbocycles. The molecule has 0 spiro atoms. The van der Waals surface area contributed by atoms with Crippen LogP contribution in [0.3, 0.4) is 0 Å². The van der Waals surface area contributed by atoms with E-state index < -0.39 is 53.0 Å². The lowest BCUT2D eigenvalue weighted by Crippen LogP contribution is -2.46. The molecule has 1 fully saturated rings. The highest BCUT2D eigenvalue weighted by atomic mass is 33.1. The van der Waals surface area contributed by atoms with Gasteiger partial charge in [0, 0.05) is 29.4 Å². The molecule has 2 unspecified atom stereocenters. The zero-order valence-corrected chi connectivity index (χ0v) is 29.5. The van der Waals surface area contributed by atoms with Gasteiger partial charge in [0.15, 0.2) is 11.5 Å². The van der Waals surface area contributed by atoms with Crippen molar-refractivity contribution in [3.05, 3.63) is 22.7 Å². The zero-order chi connectivity index (χ0) is 33.4. The fraction of sp³-hybridized carbons (Fsp3) is 0.600. The van der Waals surface area contributed by atoms with Crippen molar-refractivity contribution >= 4 is 107 Å². The largest absolute Gasteiger partial charge is 0.486 e.